The number of nitrogens with zero attached hydrogens (tertiary/aromatic N) is 4. The normalized spacial score (nSPS) is 9.78. The van der Waals surface area contributed by atoms with Gasteiger partial charge in [-0.1, -0.05) is 12.1 Å². The Hall–Kier alpha value is -2.20. The van der Waals surface area contributed by atoms with Crippen LogP contribution in [0.25, 0.3) is 0 Å². The van der Waals surface area contributed by atoms with Crippen molar-refractivity contribution < 1.29 is 4.79 Å². The van der Waals surface area contributed by atoms with Crippen LogP contribution < -0.4 is 5.32 Å². The monoisotopic (exact) mass is 305 g/mol. The highest BCUT2D eigenvalue weighted by atomic mass is 79.9. The summed E-state index contributed by atoms with van der Waals surface area (Å²) in [5.41, 5.74) is 0.675. The van der Waals surface area contributed by atoms with Gasteiger partial charge in [0, 0.05) is 4.47 Å². The van der Waals surface area contributed by atoms with E-state index in [1.165, 1.54) is 10.9 Å². The van der Waals surface area contributed by atoms with Gasteiger partial charge in [0.05, 0.1) is 5.69 Å². The number of para-hydroxylation sites is 1. The molecule has 1 aromatic heterocycles. The quantitative estimate of drug-likeness (QED) is 0.932. The van der Waals surface area contributed by atoms with E-state index < -0.39 is 0 Å². The van der Waals surface area contributed by atoms with E-state index in [9.17, 15) is 4.79 Å². The van der Waals surface area contributed by atoms with Gasteiger partial charge in [-0.3, -0.25) is 9.36 Å². The van der Waals surface area contributed by atoms with Crippen LogP contribution in [0.2, 0.25) is 0 Å². The van der Waals surface area contributed by atoms with E-state index in [1.54, 1.807) is 6.07 Å². The molecule has 0 saturated carbocycles. The molecular formula is C11H8BrN5O. The lowest BCUT2D eigenvalue weighted by atomic mass is 10.3. The van der Waals surface area contributed by atoms with Crippen molar-refractivity contribution in [2.45, 2.75) is 6.54 Å². The topological polar surface area (TPSA) is 83.6 Å². The Bertz CT molecular complexity index is 610. The molecule has 1 aromatic carbocycles. The van der Waals surface area contributed by atoms with Crippen LogP contribution in [0.5, 0.6) is 0 Å². The number of nitrogens with one attached hydrogen (secondary N) is 1. The minimum atomic E-state index is -0.252. The first-order valence-corrected chi connectivity index (χ1v) is 5.82. The highest BCUT2D eigenvalue weighted by molar-refractivity contribution is 9.10. The molecule has 7 heteroatoms. The van der Waals surface area contributed by atoms with Crippen molar-refractivity contribution in [3.8, 4) is 6.07 Å². The molecule has 0 spiro atoms. The molecule has 0 saturated heterocycles. The summed E-state index contributed by atoms with van der Waals surface area (Å²) in [5.74, 6) is -0.143. The molecule has 0 atom stereocenters. The standard InChI is InChI=1S/C11H8BrN5O/c12-8-3-1-2-4-9(8)15-11(18)6-17-7-14-16-10(17)5-13/h1-4,7H,6H2,(H,15,18). The first kappa shape index (κ1) is 12.3. The third kappa shape index (κ3) is 2.73. The Balaban J connectivity index is 2.06. The molecule has 0 aliphatic heterocycles. The van der Waals surface area contributed by atoms with Crippen molar-refractivity contribution in [2.75, 3.05) is 5.32 Å². The van der Waals surface area contributed by atoms with Crippen molar-refractivity contribution in [3.05, 3.63) is 40.9 Å². The van der Waals surface area contributed by atoms with Gasteiger partial charge >= 0.3 is 0 Å². The van der Waals surface area contributed by atoms with Crippen molar-refractivity contribution in [2.24, 2.45) is 0 Å². The minimum absolute atomic E-state index is 0.00275. The number of halogens is 1. The summed E-state index contributed by atoms with van der Waals surface area (Å²) < 4.78 is 2.18. The number of carbonyl (C=O) groups excluding carboxylic acids is 1. The van der Waals surface area contributed by atoms with Gasteiger partial charge in [-0.25, -0.2) is 0 Å². The SMILES string of the molecule is N#Cc1nncn1CC(=O)Nc1ccccc1Br. The molecule has 1 amide bonds. The van der Waals surface area contributed by atoms with E-state index in [1.807, 2.05) is 24.3 Å². The van der Waals surface area contributed by atoms with E-state index in [-0.39, 0.29) is 18.3 Å². The lowest BCUT2D eigenvalue weighted by Crippen LogP contribution is -2.19. The maximum absolute atomic E-state index is 11.8. The molecule has 0 radical (unpaired) electrons. The fourth-order valence-corrected chi connectivity index (χ4v) is 1.75. The number of nitriles is 1. The molecular weight excluding hydrogens is 298 g/mol. The number of hydrogen-bond donors (Lipinski definition) is 1. The fourth-order valence-electron chi connectivity index (χ4n) is 1.36. The Morgan fingerprint density at radius 3 is 3.00 bits per heavy atom. The second-order valence-electron chi connectivity index (χ2n) is 3.42. The third-order valence-corrected chi connectivity index (χ3v) is 2.87. The van der Waals surface area contributed by atoms with Crippen LogP contribution in [-0.4, -0.2) is 20.7 Å². The van der Waals surface area contributed by atoms with Crippen LogP contribution in [0.15, 0.2) is 35.1 Å². The van der Waals surface area contributed by atoms with Crippen LogP contribution >= 0.6 is 15.9 Å². The van der Waals surface area contributed by atoms with E-state index >= 15 is 0 Å². The van der Waals surface area contributed by atoms with Gasteiger partial charge in [0.25, 0.3) is 0 Å². The molecule has 0 aliphatic carbocycles. The van der Waals surface area contributed by atoms with E-state index in [2.05, 4.69) is 31.4 Å². The lowest BCUT2D eigenvalue weighted by Gasteiger charge is -2.07. The molecule has 2 aromatic rings. The van der Waals surface area contributed by atoms with Gasteiger partial charge in [0.2, 0.25) is 11.7 Å². The van der Waals surface area contributed by atoms with Crippen LogP contribution in [0.1, 0.15) is 5.82 Å². The van der Waals surface area contributed by atoms with Gasteiger partial charge in [0.15, 0.2) is 0 Å². The highest BCUT2D eigenvalue weighted by Crippen LogP contribution is 2.21. The van der Waals surface area contributed by atoms with Gasteiger partial charge in [0.1, 0.15) is 18.9 Å². The Morgan fingerprint density at radius 2 is 2.28 bits per heavy atom. The van der Waals surface area contributed by atoms with Crippen molar-refractivity contribution in [1.82, 2.24) is 14.8 Å². The molecule has 18 heavy (non-hydrogen) atoms. The second-order valence-corrected chi connectivity index (χ2v) is 4.28. The van der Waals surface area contributed by atoms with Gasteiger partial charge in [-0.15, -0.1) is 10.2 Å². The van der Waals surface area contributed by atoms with E-state index in [0.29, 0.717) is 5.69 Å². The largest absolute Gasteiger partial charge is 0.324 e. The number of anilines is 1. The molecule has 90 valence electrons. The number of hydrogen-bond acceptors (Lipinski definition) is 4. The number of amides is 1. The van der Waals surface area contributed by atoms with E-state index in [0.717, 1.165) is 4.47 Å². The zero-order valence-electron chi connectivity index (χ0n) is 9.17. The minimum Gasteiger partial charge on any atom is -0.324 e. The number of carbonyl (C=O) groups is 1. The predicted molar refractivity (Wildman–Crippen MR) is 67.5 cm³/mol. The molecule has 0 bridgehead atoms. The maximum Gasteiger partial charge on any atom is 0.244 e. The molecule has 0 fully saturated rings. The average Bonchev–Trinajstić information content (AvgIpc) is 2.79. The number of rotatable bonds is 3. The molecule has 2 rings (SSSR count). The summed E-state index contributed by atoms with van der Waals surface area (Å²) in [7, 11) is 0. The second kappa shape index (κ2) is 5.42. The summed E-state index contributed by atoms with van der Waals surface area (Å²) >= 11 is 3.33. The predicted octanol–water partition coefficient (Wildman–Crippen LogP) is 1.55. The molecule has 1 heterocycles. The third-order valence-electron chi connectivity index (χ3n) is 2.18. The summed E-state index contributed by atoms with van der Waals surface area (Å²) in [6, 6.07) is 9.14. The summed E-state index contributed by atoms with van der Waals surface area (Å²) in [4.78, 5) is 11.8. The van der Waals surface area contributed by atoms with E-state index in [4.69, 9.17) is 5.26 Å². The number of benzene rings is 1. The van der Waals surface area contributed by atoms with Crippen molar-refractivity contribution >= 4 is 27.5 Å². The fraction of sp³-hybridized carbons (Fsp3) is 0.0909. The van der Waals surface area contributed by atoms with Crippen molar-refractivity contribution in [1.29, 1.82) is 5.26 Å². The molecule has 0 aliphatic rings. The molecule has 0 unspecified atom stereocenters. The molecule has 1 N–H and O–H groups in total. The highest BCUT2D eigenvalue weighted by Gasteiger charge is 2.09. The zero-order chi connectivity index (χ0) is 13.0. The maximum atomic E-state index is 11.8. The Morgan fingerprint density at radius 1 is 1.50 bits per heavy atom. The first-order chi connectivity index (χ1) is 8.70. The summed E-state index contributed by atoms with van der Waals surface area (Å²) in [5, 5.41) is 18.6. The summed E-state index contributed by atoms with van der Waals surface area (Å²) in [6.45, 7) is -0.00275. The zero-order valence-corrected chi connectivity index (χ0v) is 10.8. The first-order valence-electron chi connectivity index (χ1n) is 5.03. The van der Waals surface area contributed by atoms with Crippen LogP contribution in [-0.2, 0) is 11.3 Å². The van der Waals surface area contributed by atoms with Crippen molar-refractivity contribution in [3.63, 3.8) is 0 Å². The Labute approximate surface area is 111 Å². The van der Waals surface area contributed by atoms with Crippen LogP contribution in [0.4, 0.5) is 5.69 Å². The number of aromatic nitrogens is 3. The smallest absolute Gasteiger partial charge is 0.244 e. The van der Waals surface area contributed by atoms with Gasteiger partial charge in [-0.05, 0) is 28.1 Å². The Kier molecular flexibility index (Phi) is 3.69. The van der Waals surface area contributed by atoms with Gasteiger partial charge in [-0.2, -0.15) is 5.26 Å². The van der Waals surface area contributed by atoms with Crippen LogP contribution in [0.3, 0.4) is 0 Å². The summed E-state index contributed by atoms with van der Waals surface area (Å²) in [6.07, 6.45) is 1.35. The average molecular weight is 306 g/mol. The van der Waals surface area contributed by atoms with Gasteiger partial charge < -0.3 is 5.32 Å². The molecule has 6 nitrogen and oxygen atoms in total. The van der Waals surface area contributed by atoms with Crippen LogP contribution in [0, 0.1) is 11.3 Å². The lowest BCUT2D eigenvalue weighted by molar-refractivity contribution is -0.116.